The molecule has 5 nitrogen and oxygen atoms in total. The fourth-order valence-corrected chi connectivity index (χ4v) is 3.40. The van der Waals surface area contributed by atoms with E-state index in [1.54, 1.807) is 36.2 Å². The van der Waals surface area contributed by atoms with Crippen molar-refractivity contribution >= 4 is 17.6 Å². The number of phenolic OH excluding ortho intramolecular Hbond substituents is 1. The molecule has 6 heteroatoms. The van der Waals surface area contributed by atoms with Gasteiger partial charge in [-0.2, -0.15) is 0 Å². The maximum absolute atomic E-state index is 10.0. The van der Waals surface area contributed by atoms with Crippen molar-refractivity contribution < 1.29 is 14.9 Å². The van der Waals surface area contributed by atoms with E-state index >= 15 is 0 Å². The van der Waals surface area contributed by atoms with Crippen LogP contribution in [0, 0.1) is 6.92 Å². The Morgan fingerprint density at radius 1 is 0.933 bits per heavy atom. The maximum Gasteiger partial charge on any atom is 0.119 e. The zero-order valence-electron chi connectivity index (χ0n) is 17.0. The van der Waals surface area contributed by atoms with Crippen molar-refractivity contribution in [2.75, 3.05) is 24.4 Å². The van der Waals surface area contributed by atoms with Crippen LogP contribution in [0.15, 0.2) is 77.7 Å². The van der Waals surface area contributed by atoms with Crippen molar-refractivity contribution in [3.63, 3.8) is 0 Å². The summed E-state index contributed by atoms with van der Waals surface area (Å²) in [6.07, 6.45) is 0.292. The summed E-state index contributed by atoms with van der Waals surface area (Å²) in [6, 6.07) is 23.3. The monoisotopic (exact) mass is 424 g/mol. The number of aliphatic hydroxyl groups is 1. The molecule has 0 aromatic heterocycles. The molecular formula is C24H28N2O3S. The van der Waals surface area contributed by atoms with Gasteiger partial charge < -0.3 is 25.0 Å². The summed E-state index contributed by atoms with van der Waals surface area (Å²) < 4.78 is 8.86. The van der Waals surface area contributed by atoms with E-state index in [0.29, 0.717) is 12.3 Å². The van der Waals surface area contributed by atoms with Gasteiger partial charge in [-0.1, -0.05) is 29.8 Å². The third-order valence-corrected chi connectivity index (χ3v) is 5.36. The van der Waals surface area contributed by atoms with Crippen LogP contribution in [0.4, 0.5) is 5.69 Å². The highest BCUT2D eigenvalue weighted by Crippen LogP contribution is 2.21. The SMILES string of the molecule is Cc1ccc(SNc2ccc(CCNCC(O)COc3ccc(O)cc3)cc2)cc1. The second-order valence-corrected chi connectivity index (χ2v) is 8.01. The molecule has 30 heavy (non-hydrogen) atoms. The van der Waals surface area contributed by atoms with Gasteiger partial charge in [0.1, 0.15) is 24.2 Å². The number of aryl methyl sites for hydroxylation is 1. The number of benzene rings is 3. The topological polar surface area (TPSA) is 73.8 Å². The van der Waals surface area contributed by atoms with Gasteiger partial charge in [0.25, 0.3) is 0 Å². The normalized spacial score (nSPS) is 11.8. The highest BCUT2D eigenvalue weighted by molar-refractivity contribution is 8.00. The minimum absolute atomic E-state index is 0.193. The van der Waals surface area contributed by atoms with Crippen molar-refractivity contribution in [3.8, 4) is 11.5 Å². The molecule has 0 spiro atoms. The molecule has 3 rings (SSSR count). The van der Waals surface area contributed by atoms with Crippen molar-refractivity contribution in [2.45, 2.75) is 24.3 Å². The lowest BCUT2D eigenvalue weighted by Crippen LogP contribution is -2.32. The van der Waals surface area contributed by atoms with Crippen LogP contribution in [-0.2, 0) is 6.42 Å². The zero-order valence-corrected chi connectivity index (χ0v) is 17.9. The Kier molecular flexibility index (Phi) is 8.44. The van der Waals surface area contributed by atoms with Crippen LogP contribution in [0.1, 0.15) is 11.1 Å². The highest BCUT2D eigenvalue weighted by Gasteiger charge is 2.05. The Labute approximate surface area is 182 Å². The highest BCUT2D eigenvalue weighted by atomic mass is 32.2. The second kappa shape index (κ2) is 11.5. The summed E-state index contributed by atoms with van der Waals surface area (Å²) in [6.45, 7) is 3.53. The Bertz CT molecular complexity index is 884. The predicted octanol–water partition coefficient (Wildman–Crippen LogP) is 4.39. The molecular weight excluding hydrogens is 396 g/mol. The summed E-state index contributed by atoms with van der Waals surface area (Å²) in [5.41, 5.74) is 3.57. The van der Waals surface area contributed by atoms with Gasteiger partial charge in [0.15, 0.2) is 0 Å². The Morgan fingerprint density at radius 2 is 1.63 bits per heavy atom. The molecule has 0 aliphatic heterocycles. The van der Waals surface area contributed by atoms with Gasteiger partial charge in [0.05, 0.1) is 0 Å². The number of rotatable bonds is 11. The molecule has 0 aliphatic rings. The number of hydrogen-bond donors (Lipinski definition) is 4. The summed E-state index contributed by atoms with van der Waals surface area (Å²) in [5.74, 6) is 0.819. The van der Waals surface area contributed by atoms with E-state index in [1.807, 2.05) is 0 Å². The van der Waals surface area contributed by atoms with E-state index in [2.05, 4.69) is 65.5 Å². The predicted molar refractivity (Wildman–Crippen MR) is 123 cm³/mol. The van der Waals surface area contributed by atoms with E-state index in [9.17, 15) is 10.2 Å². The number of aliphatic hydroxyl groups excluding tert-OH is 1. The Hall–Kier alpha value is -2.67. The fourth-order valence-electron chi connectivity index (χ4n) is 2.76. The molecule has 1 unspecified atom stereocenters. The first kappa shape index (κ1) is 22.0. The van der Waals surface area contributed by atoms with Crippen LogP contribution in [0.25, 0.3) is 0 Å². The molecule has 0 heterocycles. The van der Waals surface area contributed by atoms with Gasteiger partial charge in [-0.05, 0) is 85.9 Å². The summed E-state index contributed by atoms with van der Waals surface area (Å²) in [7, 11) is 0. The Morgan fingerprint density at radius 3 is 2.33 bits per heavy atom. The number of anilines is 1. The largest absolute Gasteiger partial charge is 0.508 e. The van der Waals surface area contributed by atoms with E-state index in [-0.39, 0.29) is 12.4 Å². The van der Waals surface area contributed by atoms with E-state index in [1.165, 1.54) is 16.0 Å². The summed E-state index contributed by atoms with van der Waals surface area (Å²) in [4.78, 5) is 1.18. The minimum Gasteiger partial charge on any atom is -0.508 e. The lowest BCUT2D eigenvalue weighted by atomic mass is 10.1. The Balaban J connectivity index is 1.30. The second-order valence-electron chi connectivity index (χ2n) is 7.13. The molecule has 0 saturated heterocycles. The van der Waals surface area contributed by atoms with Gasteiger partial charge in [0.2, 0.25) is 0 Å². The number of aromatic hydroxyl groups is 1. The maximum atomic E-state index is 10.0. The molecule has 0 fully saturated rings. The molecule has 0 bridgehead atoms. The number of phenols is 1. The minimum atomic E-state index is -0.593. The first-order valence-corrected chi connectivity index (χ1v) is 10.8. The zero-order chi connectivity index (χ0) is 21.2. The van der Waals surface area contributed by atoms with Gasteiger partial charge in [-0.15, -0.1) is 0 Å². The number of ether oxygens (including phenoxy) is 1. The average Bonchev–Trinajstić information content (AvgIpc) is 2.77. The van der Waals surface area contributed by atoms with Crippen molar-refractivity contribution in [1.29, 1.82) is 0 Å². The van der Waals surface area contributed by atoms with Crippen LogP contribution in [0.5, 0.6) is 11.5 Å². The van der Waals surface area contributed by atoms with Crippen LogP contribution in [0.2, 0.25) is 0 Å². The molecule has 1 atom stereocenters. The number of nitrogens with one attached hydrogen (secondary N) is 2. The van der Waals surface area contributed by atoms with Gasteiger partial charge in [-0.3, -0.25) is 0 Å². The van der Waals surface area contributed by atoms with Crippen LogP contribution in [-0.4, -0.2) is 36.0 Å². The lowest BCUT2D eigenvalue weighted by Gasteiger charge is -2.13. The van der Waals surface area contributed by atoms with Gasteiger partial charge in [-0.25, -0.2) is 0 Å². The molecule has 158 valence electrons. The van der Waals surface area contributed by atoms with Crippen LogP contribution >= 0.6 is 11.9 Å². The molecule has 3 aromatic rings. The molecule has 0 amide bonds. The smallest absolute Gasteiger partial charge is 0.119 e. The first-order chi connectivity index (χ1) is 14.6. The van der Waals surface area contributed by atoms with Crippen LogP contribution < -0.4 is 14.8 Å². The molecule has 0 radical (unpaired) electrons. The van der Waals surface area contributed by atoms with E-state index in [0.717, 1.165) is 18.7 Å². The van der Waals surface area contributed by atoms with Crippen molar-refractivity contribution in [1.82, 2.24) is 5.32 Å². The first-order valence-electron chi connectivity index (χ1n) is 9.97. The van der Waals surface area contributed by atoms with Gasteiger partial charge >= 0.3 is 0 Å². The van der Waals surface area contributed by atoms with Crippen molar-refractivity contribution in [3.05, 3.63) is 83.9 Å². The number of hydrogen-bond acceptors (Lipinski definition) is 6. The fraction of sp³-hybridized carbons (Fsp3) is 0.250. The molecule has 0 aliphatic carbocycles. The molecule has 0 saturated carbocycles. The van der Waals surface area contributed by atoms with E-state index < -0.39 is 6.10 Å². The lowest BCUT2D eigenvalue weighted by molar-refractivity contribution is 0.106. The van der Waals surface area contributed by atoms with E-state index in [4.69, 9.17) is 4.74 Å². The molecule has 3 aromatic carbocycles. The average molecular weight is 425 g/mol. The summed E-state index contributed by atoms with van der Waals surface area (Å²) >= 11 is 1.60. The van der Waals surface area contributed by atoms with Gasteiger partial charge in [0, 0.05) is 17.1 Å². The third-order valence-electron chi connectivity index (χ3n) is 4.51. The van der Waals surface area contributed by atoms with Crippen molar-refractivity contribution in [2.24, 2.45) is 0 Å². The third kappa shape index (κ3) is 7.63. The standard InChI is InChI=1S/C24H28N2O3S/c1-18-2-12-24(13-3-18)30-26-20-6-4-19(5-7-20)14-15-25-16-22(28)17-29-23-10-8-21(27)9-11-23/h2-13,22,25-28H,14-17H2,1H3. The molecule has 4 N–H and O–H groups in total. The quantitative estimate of drug-likeness (QED) is 0.270. The van der Waals surface area contributed by atoms with Crippen LogP contribution in [0.3, 0.4) is 0 Å². The summed E-state index contributed by atoms with van der Waals surface area (Å²) in [5, 5.41) is 22.5.